The van der Waals surface area contributed by atoms with Gasteiger partial charge in [-0.1, -0.05) is 26.3 Å². The normalized spacial score (nSPS) is 14.5. The van der Waals surface area contributed by atoms with Crippen molar-refractivity contribution in [3.05, 3.63) is 23.8 Å². The lowest BCUT2D eigenvalue weighted by atomic mass is 10.1. The highest BCUT2D eigenvalue weighted by atomic mass is 16.6. The van der Waals surface area contributed by atoms with E-state index in [-0.39, 0.29) is 29.8 Å². The van der Waals surface area contributed by atoms with Crippen LogP contribution < -0.4 is 15.2 Å². The van der Waals surface area contributed by atoms with Gasteiger partial charge in [0.1, 0.15) is 18.2 Å². The quantitative estimate of drug-likeness (QED) is 0.398. The van der Waals surface area contributed by atoms with E-state index < -0.39 is 36.2 Å². The van der Waals surface area contributed by atoms with E-state index in [9.17, 15) is 19.2 Å². The summed E-state index contributed by atoms with van der Waals surface area (Å²) in [7, 11) is 0. The molecule has 0 bridgehead atoms. The van der Waals surface area contributed by atoms with Crippen LogP contribution in [0.25, 0.3) is 0 Å². The standard InChI is InChI=1S/C23H33NO8/c1-7-13(2)10-22(27)29-14(3)15(4)30-23(28)19(24)11-18-8-9-20(31-16(5)25)21(12-18)32-17(6)26/h8-9,12-15,19H,7,10-11,24H2,1-6H3/t13?,14-,15-,19-/m0/s1. The van der Waals surface area contributed by atoms with Gasteiger partial charge in [-0.2, -0.15) is 0 Å². The zero-order valence-electron chi connectivity index (χ0n) is 19.5. The van der Waals surface area contributed by atoms with Crippen molar-refractivity contribution in [1.29, 1.82) is 0 Å². The number of rotatable bonds is 11. The third-order valence-corrected chi connectivity index (χ3v) is 4.77. The molecule has 0 amide bonds. The van der Waals surface area contributed by atoms with E-state index in [4.69, 9.17) is 24.7 Å². The third-order valence-electron chi connectivity index (χ3n) is 4.77. The average Bonchev–Trinajstić information content (AvgIpc) is 2.68. The summed E-state index contributed by atoms with van der Waals surface area (Å²) < 4.78 is 20.8. The van der Waals surface area contributed by atoms with Gasteiger partial charge in [-0.3, -0.25) is 19.2 Å². The molecule has 0 spiro atoms. The predicted molar refractivity (Wildman–Crippen MR) is 116 cm³/mol. The smallest absolute Gasteiger partial charge is 0.323 e. The van der Waals surface area contributed by atoms with Crippen molar-refractivity contribution in [2.45, 2.75) is 79.1 Å². The molecule has 0 aliphatic rings. The minimum atomic E-state index is -1.01. The SMILES string of the molecule is CCC(C)CC(=O)O[C@@H](C)[C@H](C)OC(=O)[C@@H](N)Cc1ccc(OC(C)=O)c(OC(C)=O)c1. The molecule has 178 valence electrons. The summed E-state index contributed by atoms with van der Waals surface area (Å²) in [6, 6.07) is 3.51. The van der Waals surface area contributed by atoms with Crippen LogP contribution in [0.3, 0.4) is 0 Å². The maximum atomic E-state index is 12.4. The van der Waals surface area contributed by atoms with Gasteiger partial charge in [0.05, 0.1) is 0 Å². The topological polar surface area (TPSA) is 131 Å². The molecule has 0 saturated carbocycles. The Kier molecular flexibility index (Phi) is 10.8. The number of hydrogen-bond acceptors (Lipinski definition) is 9. The molecule has 9 nitrogen and oxygen atoms in total. The largest absolute Gasteiger partial charge is 0.459 e. The summed E-state index contributed by atoms with van der Waals surface area (Å²) in [6.07, 6.45) is -0.0555. The third kappa shape index (κ3) is 9.47. The number of hydrogen-bond donors (Lipinski definition) is 1. The molecule has 32 heavy (non-hydrogen) atoms. The molecule has 1 aromatic carbocycles. The molecule has 0 saturated heterocycles. The van der Waals surface area contributed by atoms with Crippen molar-refractivity contribution in [2.24, 2.45) is 11.7 Å². The Labute approximate surface area is 188 Å². The second kappa shape index (κ2) is 12.8. The number of carbonyl (C=O) groups is 4. The number of nitrogens with two attached hydrogens (primary N) is 1. The van der Waals surface area contributed by atoms with Gasteiger partial charge in [0.15, 0.2) is 11.5 Å². The lowest BCUT2D eigenvalue weighted by molar-refractivity contribution is -0.166. The van der Waals surface area contributed by atoms with Gasteiger partial charge < -0.3 is 24.7 Å². The highest BCUT2D eigenvalue weighted by molar-refractivity contribution is 5.77. The van der Waals surface area contributed by atoms with Crippen LogP contribution in [0.5, 0.6) is 11.5 Å². The van der Waals surface area contributed by atoms with Crippen LogP contribution >= 0.6 is 0 Å². The van der Waals surface area contributed by atoms with Crippen LogP contribution in [0.15, 0.2) is 18.2 Å². The molecule has 0 aliphatic heterocycles. The number of carbonyl (C=O) groups excluding carboxylic acids is 4. The van der Waals surface area contributed by atoms with Crippen LogP contribution in [0.4, 0.5) is 0 Å². The van der Waals surface area contributed by atoms with Gasteiger partial charge in [-0.05, 0) is 43.9 Å². The molecule has 1 unspecified atom stereocenters. The molecule has 0 fully saturated rings. The lowest BCUT2D eigenvalue weighted by Crippen LogP contribution is -2.39. The van der Waals surface area contributed by atoms with E-state index in [0.29, 0.717) is 12.0 Å². The van der Waals surface area contributed by atoms with E-state index in [1.807, 2.05) is 13.8 Å². The molecular weight excluding hydrogens is 418 g/mol. The van der Waals surface area contributed by atoms with Crippen molar-refractivity contribution in [3.8, 4) is 11.5 Å². The van der Waals surface area contributed by atoms with Crippen molar-refractivity contribution in [1.82, 2.24) is 0 Å². The Bertz CT molecular complexity index is 822. The van der Waals surface area contributed by atoms with Crippen LogP contribution in [-0.4, -0.2) is 42.1 Å². The summed E-state index contributed by atoms with van der Waals surface area (Å²) in [4.78, 5) is 46.9. The first-order valence-corrected chi connectivity index (χ1v) is 10.6. The fraction of sp³-hybridized carbons (Fsp3) is 0.565. The molecule has 2 N–H and O–H groups in total. The second-order valence-corrected chi connectivity index (χ2v) is 7.83. The Morgan fingerprint density at radius 3 is 2.03 bits per heavy atom. The fourth-order valence-corrected chi connectivity index (χ4v) is 2.64. The summed E-state index contributed by atoms with van der Waals surface area (Å²) >= 11 is 0. The monoisotopic (exact) mass is 451 g/mol. The van der Waals surface area contributed by atoms with Crippen LogP contribution in [-0.2, 0) is 35.1 Å². The van der Waals surface area contributed by atoms with Gasteiger partial charge >= 0.3 is 23.9 Å². The summed E-state index contributed by atoms with van der Waals surface area (Å²) in [5.74, 6) is -1.84. The Balaban J connectivity index is 2.73. The highest BCUT2D eigenvalue weighted by Crippen LogP contribution is 2.29. The molecule has 1 rings (SSSR count). The van der Waals surface area contributed by atoms with Gasteiger partial charge in [-0.25, -0.2) is 0 Å². The van der Waals surface area contributed by atoms with Gasteiger partial charge in [0.2, 0.25) is 0 Å². The average molecular weight is 452 g/mol. The molecule has 0 aliphatic carbocycles. The first-order valence-electron chi connectivity index (χ1n) is 10.6. The summed E-state index contributed by atoms with van der Waals surface area (Å²) in [6.45, 7) is 9.66. The Morgan fingerprint density at radius 1 is 0.906 bits per heavy atom. The van der Waals surface area contributed by atoms with Crippen LogP contribution in [0.2, 0.25) is 0 Å². The highest BCUT2D eigenvalue weighted by Gasteiger charge is 2.25. The van der Waals surface area contributed by atoms with E-state index >= 15 is 0 Å². The van der Waals surface area contributed by atoms with E-state index in [0.717, 1.165) is 6.42 Å². The Morgan fingerprint density at radius 2 is 1.47 bits per heavy atom. The van der Waals surface area contributed by atoms with Gasteiger partial charge in [0, 0.05) is 20.3 Å². The minimum Gasteiger partial charge on any atom is -0.459 e. The lowest BCUT2D eigenvalue weighted by Gasteiger charge is -2.23. The molecule has 0 radical (unpaired) electrons. The predicted octanol–water partition coefficient (Wildman–Crippen LogP) is 2.71. The van der Waals surface area contributed by atoms with Crippen molar-refractivity contribution in [2.75, 3.05) is 0 Å². The second-order valence-electron chi connectivity index (χ2n) is 7.83. The van der Waals surface area contributed by atoms with E-state index in [1.165, 1.54) is 26.0 Å². The van der Waals surface area contributed by atoms with Crippen LogP contribution in [0.1, 0.15) is 59.9 Å². The van der Waals surface area contributed by atoms with Crippen molar-refractivity contribution >= 4 is 23.9 Å². The van der Waals surface area contributed by atoms with Gasteiger partial charge in [-0.15, -0.1) is 0 Å². The van der Waals surface area contributed by atoms with Crippen LogP contribution in [0, 0.1) is 5.92 Å². The zero-order valence-corrected chi connectivity index (χ0v) is 19.5. The first-order chi connectivity index (χ1) is 14.9. The first kappa shape index (κ1) is 27.1. The van der Waals surface area contributed by atoms with E-state index in [1.54, 1.807) is 19.9 Å². The maximum absolute atomic E-state index is 12.4. The fourth-order valence-electron chi connectivity index (χ4n) is 2.64. The zero-order chi connectivity index (χ0) is 24.4. The Hall–Kier alpha value is -2.94. The summed E-state index contributed by atoms with van der Waals surface area (Å²) in [5, 5.41) is 0. The molecule has 4 atom stereocenters. The number of ether oxygens (including phenoxy) is 4. The number of benzene rings is 1. The molecule has 1 aromatic rings. The maximum Gasteiger partial charge on any atom is 0.323 e. The molecule has 9 heteroatoms. The van der Waals surface area contributed by atoms with Crippen molar-refractivity contribution < 1.29 is 38.1 Å². The minimum absolute atomic E-state index is 0.0426. The summed E-state index contributed by atoms with van der Waals surface area (Å²) in [5.41, 5.74) is 6.55. The molecule has 0 aromatic heterocycles. The van der Waals surface area contributed by atoms with Gasteiger partial charge in [0.25, 0.3) is 0 Å². The van der Waals surface area contributed by atoms with Crippen molar-refractivity contribution in [3.63, 3.8) is 0 Å². The number of esters is 4. The molecular formula is C23H33NO8. The van der Waals surface area contributed by atoms with E-state index in [2.05, 4.69) is 0 Å². The molecule has 0 heterocycles.